The highest BCUT2D eigenvalue weighted by Crippen LogP contribution is 2.29. The number of carbonyl (C=O) groups excluding carboxylic acids is 2. The number of rotatable bonds is 3. The van der Waals surface area contributed by atoms with Crippen LogP contribution in [0.25, 0.3) is 0 Å². The standard InChI is InChI=1S/C11H11Cl3N2O3/c1-19-10(18)16-9(11(12,13)14)15-8(17)7-5-3-2-4-6-7/h2-6,9H,1H3,(H,15,17)(H,16,18)/t9-/m1/s1. The Kier molecular flexibility index (Phi) is 5.72. The van der Waals surface area contributed by atoms with E-state index in [1.165, 1.54) is 0 Å². The summed E-state index contributed by atoms with van der Waals surface area (Å²) in [5.41, 5.74) is 0.369. The summed E-state index contributed by atoms with van der Waals surface area (Å²) in [6, 6.07) is 8.31. The van der Waals surface area contributed by atoms with Gasteiger partial charge in [-0.25, -0.2) is 4.79 Å². The van der Waals surface area contributed by atoms with Crippen LogP contribution >= 0.6 is 34.8 Å². The third-order valence-corrected chi connectivity index (χ3v) is 2.74. The van der Waals surface area contributed by atoms with Gasteiger partial charge < -0.3 is 10.1 Å². The Labute approximate surface area is 125 Å². The second-order valence-corrected chi connectivity index (χ2v) is 5.82. The van der Waals surface area contributed by atoms with Crippen LogP contribution in [-0.2, 0) is 4.74 Å². The highest BCUT2D eigenvalue weighted by molar-refractivity contribution is 6.68. The SMILES string of the molecule is COC(=O)N[C@@H](NC(=O)c1ccccc1)C(Cl)(Cl)Cl. The van der Waals surface area contributed by atoms with E-state index in [1.54, 1.807) is 30.3 Å². The molecule has 0 heterocycles. The van der Waals surface area contributed by atoms with Crippen molar-refractivity contribution in [2.24, 2.45) is 0 Å². The molecule has 19 heavy (non-hydrogen) atoms. The molecule has 1 aromatic carbocycles. The Balaban J connectivity index is 2.78. The molecule has 0 fully saturated rings. The van der Waals surface area contributed by atoms with Gasteiger partial charge in [-0.15, -0.1) is 0 Å². The van der Waals surface area contributed by atoms with Gasteiger partial charge in [-0.05, 0) is 12.1 Å². The molecule has 1 aromatic rings. The number of alkyl halides is 3. The average Bonchev–Trinajstić information content (AvgIpc) is 2.37. The molecular formula is C11H11Cl3N2O3. The summed E-state index contributed by atoms with van der Waals surface area (Å²) in [7, 11) is 1.16. The van der Waals surface area contributed by atoms with Gasteiger partial charge in [-0.1, -0.05) is 53.0 Å². The van der Waals surface area contributed by atoms with Crippen LogP contribution < -0.4 is 10.6 Å². The molecule has 0 aliphatic rings. The molecule has 0 aliphatic carbocycles. The van der Waals surface area contributed by atoms with Gasteiger partial charge in [-0.2, -0.15) is 0 Å². The number of carbonyl (C=O) groups is 2. The van der Waals surface area contributed by atoms with Gasteiger partial charge in [0.05, 0.1) is 7.11 Å². The zero-order valence-electron chi connectivity index (χ0n) is 9.82. The van der Waals surface area contributed by atoms with Gasteiger partial charge in [0.1, 0.15) is 0 Å². The van der Waals surface area contributed by atoms with E-state index in [2.05, 4.69) is 15.4 Å². The Morgan fingerprint density at radius 3 is 2.21 bits per heavy atom. The maximum atomic E-state index is 11.9. The topological polar surface area (TPSA) is 67.4 Å². The molecular weight excluding hydrogens is 314 g/mol. The fraction of sp³-hybridized carbons (Fsp3) is 0.273. The van der Waals surface area contributed by atoms with Crippen LogP contribution in [0.5, 0.6) is 0 Å². The normalized spacial score (nSPS) is 12.4. The molecule has 1 rings (SSSR count). The van der Waals surface area contributed by atoms with E-state index in [1.807, 2.05) is 0 Å². The van der Waals surface area contributed by atoms with E-state index < -0.39 is 22.0 Å². The molecule has 0 saturated carbocycles. The Bertz CT molecular complexity index is 448. The molecule has 1 atom stereocenters. The minimum atomic E-state index is -1.92. The van der Waals surface area contributed by atoms with Gasteiger partial charge in [-0.3, -0.25) is 10.1 Å². The highest BCUT2D eigenvalue weighted by atomic mass is 35.6. The second-order valence-electron chi connectivity index (χ2n) is 3.45. The molecule has 5 nitrogen and oxygen atoms in total. The molecule has 0 bridgehead atoms. The van der Waals surface area contributed by atoms with E-state index in [-0.39, 0.29) is 0 Å². The number of ether oxygens (including phenoxy) is 1. The summed E-state index contributed by atoms with van der Waals surface area (Å²) < 4.78 is 2.47. The lowest BCUT2D eigenvalue weighted by Gasteiger charge is -2.25. The van der Waals surface area contributed by atoms with Crippen LogP contribution in [0.1, 0.15) is 10.4 Å². The molecule has 0 radical (unpaired) electrons. The number of hydrogen-bond donors (Lipinski definition) is 2. The van der Waals surface area contributed by atoms with Gasteiger partial charge in [0.15, 0.2) is 6.17 Å². The number of halogens is 3. The molecule has 2 amide bonds. The van der Waals surface area contributed by atoms with Crippen molar-refractivity contribution in [3.05, 3.63) is 35.9 Å². The highest BCUT2D eigenvalue weighted by Gasteiger charge is 2.35. The average molecular weight is 326 g/mol. The number of methoxy groups -OCH3 is 1. The fourth-order valence-electron chi connectivity index (χ4n) is 1.18. The first kappa shape index (κ1) is 15.9. The lowest BCUT2D eigenvalue weighted by Crippen LogP contribution is -2.55. The van der Waals surface area contributed by atoms with Crippen molar-refractivity contribution in [2.75, 3.05) is 7.11 Å². The van der Waals surface area contributed by atoms with Crippen molar-refractivity contribution in [3.8, 4) is 0 Å². The van der Waals surface area contributed by atoms with Gasteiger partial charge in [0, 0.05) is 5.56 Å². The molecule has 0 unspecified atom stereocenters. The number of nitrogens with one attached hydrogen (secondary N) is 2. The number of alkyl carbamates (subject to hydrolysis) is 1. The quantitative estimate of drug-likeness (QED) is 0.662. The van der Waals surface area contributed by atoms with Crippen LogP contribution in [-0.4, -0.2) is 29.1 Å². The summed E-state index contributed by atoms with van der Waals surface area (Å²) in [4.78, 5) is 23.0. The predicted molar refractivity (Wildman–Crippen MR) is 73.5 cm³/mol. The van der Waals surface area contributed by atoms with Crippen LogP contribution in [0.4, 0.5) is 4.79 Å². The lowest BCUT2D eigenvalue weighted by molar-refractivity contribution is 0.0927. The molecule has 0 aliphatic heterocycles. The van der Waals surface area contributed by atoms with Crippen LogP contribution in [0.3, 0.4) is 0 Å². The van der Waals surface area contributed by atoms with Crippen molar-refractivity contribution < 1.29 is 14.3 Å². The maximum Gasteiger partial charge on any atom is 0.408 e. The van der Waals surface area contributed by atoms with E-state index in [9.17, 15) is 9.59 Å². The summed E-state index contributed by atoms with van der Waals surface area (Å²) in [5.74, 6) is -0.492. The van der Waals surface area contributed by atoms with Crippen molar-refractivity contribution in [1.82, 2.24) is 10.6 Å². The molecule has 8 heteroatoms. The summed E-state index contributed by atoms with van der Waals surface area (Å²) in [6.45, 7) is 0. The summed E-state index contributed by atoms with van der Waals surface area (Å²) in [5, 5.41) is 4.61. The van der Waals surface area contributed by atoms with Gasteiger partial charge >= 0.3 is 6.09 Å². The monoisotopic (exact) mass is 324 g/mol. The van der Waals surface area contributed by atoms with E-state index in [0.29, 0.717) is 5.56 Å². The van der Waals surface area contributed by atoms with Crippen molar-refractivity contribution >= 4 is 46.8 Å². The van der Waals surface area contributed by atoms with Crippen LogP contribution in [0, 0.1) is 0 Å². The Hall–Kier alpha value is -1.17. The molecule has 0 spiro atoms. The zero-order valence-corrected chi connectivity index (χ0v) is 12.1. The van der Waals surface area contributed by atoms with Crippen molar-refractivity contribution in [1.29, 1.82) is 0 Å². The first-order chi connectivity index (χ1) is 8.84. The van der Waals surface area contributed by atoms with Crippen molar-refractivity contribution in [2.45, 2.75) is 9.96 Å². The number of hydrogen-bond acceptors (Lipinski definition) is 3. The fourth-order valence-corrected chi connectivity index (χ4v) is 1.51. The van der Waals surface area contributed by atoms with Crippen molar-refractivity contribution in [3.63, 3.8) is 0 Å². The molecule has 2 N–H and O–H groups in total. The van der Waals surface area contributed by atoms with Gasteiger partial charge in [0.25, 0.3) is 5.91 Å². The minimum absolute atomic E-state index is 0.369. The first-order valence-electron chi connectivity index (χ1n) is 5.11. The van der Waals surface area contributed by atoms with Crippen LogP contribution in [0.15, 0.2) is 30.3 Å². The Morgan fingerprint density at radius 2 is 1.74 bits per heavy atom. The third-order valence-electron chi connectivity index (χ3n) is 2.09. The Morgan fingerprint density at radius 1 is 1.16 bits per heavy atom. The third kappa shape index (κ3) is 5.14. The summed E-state index contributed by atoms with van der Waals surface area (Å²) in [6.07, 6.45) is -2.05. The predicted octanol–water partition coefficient (Wildman–Crippen LogP) is 2.47. The summed E-state index contributed by atoms with van der Waals surface area (Å²) >= 11 is 17.0. The second kappa shape index (κ2) is 6.84. The van der Waals surface area contributed by atoms with Gasteiger partial charge in [0.2, 0.25) is 3.79 Å². The van der Waals surface area contributed by atoms with E-state index in [4.69, 9.17) is 34.8 Å². The number of benzene rings is 1. The zero-order chi connectivity index (χ0) is 14.5. The smallest absolute Gasteiger partial charge is 0.408 e. The molecule has 104 valence electrons. The van der Waals surface area contributed by atoms with E-state index >= 15 is 0 Å². The molecule has 0 saturated heterocycles. The molecule has 0 aromatic heterocycles. The lowest BCUT2D eigenvalue weighted by atomic mass is 10.2. The van der Waals surface area contributed by atoms with E-state index in [0.717, 1.165) is 7.11 Å². The largest absolute Gasteiger partial charge is 0.453 e. The maximum absolute atomic E-state index is 11.9. The number of amides is 2. The minimum Gasteiger partial charge on any atom is -0.453 e. The van der Waals surface area contributed by atoms with Crippen LogP contribution in [0.2, 0.25) is 0 Å². The first-order valence-corrected chi connectivity index (χ1v) is 6.25.